The smallest absolute Gasteiger partial charge is 0.185 e. The van der Waals surface area contributed by atoms with Crippen molar-refractivity contribution < 1.29 is 0 Å². The van der Waals surface area contributed by atoms with Gasteiger partial charge in [0.1, 0.15) is 17.1 Å². The molecule has 0 aliphatic rings. The first-order valence-electron chi connectivity index (χ1n) is 5.50. The average Bonchev–Trinajstić information content (AvgIpc) is 3.29. The number of nitrogens with zero attached hydrogens (tertiary/aromatic N) is 9. The van der Waals surface area contributed by atoms with Gasteiger partial charge in [-0.15, -0.1) is 0 Å². The van der Waals surface area contributed by atoms with Crippen LogP contribution in [-0.2, 0) is 0 Å². The summed E-state index contributed by atoms with van der Waals surface area (Å²) in [5.41, 5.74) is 1.74. The van der Waals surface area contributed by atoms with Crippen LogP contribution in [0.5, 0.6) is 0 Å². The zero-order valence-corrected chi connectivity index (χ0v) is 12.4. The van der Waals surface area contributed by atoms with Gasteiger partial charge in [0, 0.05) is 0 Å². The summed E-state index contributed by atoms with van der Waals surface area (Å²) in [5, 5.41) is 0. The Balaban J connectivity index is 1.92. The van der Waals surface area contributed by atoms with Gasteiger partial charge in [0.15, 0.2) is 17.5 Å². The van der Waals surface area contributed by atoms with E-state index in [0.717, 1.165) is 35.2 Å². The van der Waals surface area contributed by atoms with Crippen LogP contribution >= 0.6 is 35.2 Å². The molecule has 0 radical (unpaired) electrons. The van der Waals surface area contributed by atoms with Gasteiger partial charge in [-0.2, -0.15) is 26.2 Å². The third-order valence-electron chi connectivity index (χ3n) is 2.41. The Morgan fingerprint density at radius 2 is 0.857 bits per heavy atom. The maximum Gasteiger partial charge on any atom is 0.185 e. The molecule has 21 heavy (non-hydrogen) atoms. The van der Waals surface area contributed by atoms with Crippen molar-refractivity contribution in [3.05, 3.63) is 18.6 Å². The predicted molar refractivity (Wildman–Crippen MR) is 76.5 cm³/mol. The lowest BCUT2D eigenvalue weighted by Crippen LogP contribution is -2.00. The van der Waals surface area contributed by atoms with E-state index in [9.17, 15) is 0 Å². The number of aromatic nitrogens is 9. The molecule has 0 atom stereocenters. The predicted octanol–water partition coefficient (Wildman–Crippen LogP) is 1.43. The third kappa shape index (κ3) is 2.39. The number of rotatable bonds is 3. The third-order valence-corrected chi connectivity index (χ3v) is 3.84. The minimum atomic E-state index is 0.421. The lowest BCUT2D eigenvalue weighted by Gasteiger charge is -2.01. The SMILES string of the molecule is c1nsnc1-c1nc(-c2cnsn2)nc(-c2cnsn2)n1. The topological polar surface area (TPSA) is 116 Å². The molecule has 102 valence electrons. The van der Waals surface area contributed by atoms with Crippen LogP contribution in [0.4, 0.5) is 0 Å². The van der Waals surface area contributed by atoms with Crippen LogP contribution < -0.4 is 0 Å². The molecule has 4 aromatic heterocycles. The van der Waals surface area contributed by atoms with Crippen LogP contribution in [0.1, 0.15) is 0 Å². The second-order valence-electron chi connectivity index (χ2n) is 3.68. The summed E-state index contributed by atoms with van der Waals surface area (Å²) in [6.45, 7) is 0. The van der Waals surface area contributed by atoms with E-state index < -0.39 is 0 Å². The first-order valence-corrected chi connectivity index (χ1v) is 7.69. The molecule has 4 rings (SSSR count). The minimum Gasteiger partial charge on any atom is -0.205 e. The van der Waals surface area contributed by atoms with E-state index in [1.165, 1.54) is 0 Å². The van der Waals surface area contributed by atoms with Gasteiger partial charge >= 0.3 is 0 Å². The molecule has 0 spiro atoms. The van der Waals surface area contributed by atoms with Crippen molar-refractivity contribution in [1.82, 2.24) is 41.2 Å². The minimum absolute atomic E-state index is 0.421. The highest BCUT2D eigenvalue weighted by atomic mass is 32.1. The van der Waals surface area contributed by atoms with E-state index in [-0.39, 0.29) is 0 Å². The largest absolute Gasteiger partial charge is 0.205 e. The Morgan fingerprint density at radius 1 is 0.524 bits per heavy atom. The van der Waals surface area contributed by atoms with Crippen molar-refractivity contribution in [3.8, 4) is 34.6 Å². The molecule has 0 aliphatic heterocycles. The molecule has 4 heterocycles. The normalized spacial score (nSPS) is 10.9. The fourth-order valence-electron chi connectivity index (χ4n) is 1.51. The molecule has 9 nitrogen and oxygen atoms in total. The Hall–Kier alpha value is -2.31. The summed E-state index contributed by atoms with van der Waals surface area (Å²) >= 11 is 3.27. The maximum atomic E-state index is 4.37. The molecule has 0 amide bonds. The number of hydrogen-bond donors (Lipinski definition) is 0. The van der Waals surface area contributed by atoms with Crippen LogP contribution in [0, 0.1) is 0 Å². The van der Waals surface area contributed by atoms with E-state index in [1.807, 2.05) is 0 Å². The summed E-state index contributed by atoms with van der Waals surface area (Å²) in [7, 11) is 0. The fourth-order valence-corrected chi connectivity index (χ4v) is 2.74. The maximum absolute atomic E-state index is 4.37. The van der Waals surface area contributed by atoms with Gasteiger partial charge in [0.25, 0.3) is 0 Å². The lowest BCUT2D eigenvalue weighted by atomic mass is 10.3. The molecule has 4 aromatic rings. The standard InChI is InChI=1S/C9H3N9S3/c1-4(16-19-10-1)7-13-8(5-2-11-20-17-5)15-9(14-7)6-3-12-21-18-6/h1-3H. The van der Waals surface area contributed by atoms with Crippen molar-refractivity contribution >= 4 is 35.2 Å². The molecule has 0 saturated heterocycles. The van der Waals surface area contributed by atoms with E-state index in [1.54, 1.807) is 18.6 Å². The monoisotopic (exact) mass is 333 g/mol. The summed E-state index contributed by atoms with van der Waals surface area (Å²) in [6, 6.07) is 0. The zero-order valence-electron chi connectivity index (χ0n) is 9.98. The summed E-state index contributed by atoms with van der Waals surface area (Å²) in [4.78, 5) is 13.1. The van der Waals surface area contributed by atoms with Crippen LogP contribution in [0.25, 0.3) is 34.6 Å². The van der Waals surface area contributed by atoms with Gasteiger partial charge < -0.3 is 0 Å². The second-order valence-corrected chi connectivity index (χ2v) is 5.35. The summed E-state index contributed by atoms with van der Waals surface area (Å²) in [6.07, 6.45) is 4.81. The lowest BCUT2D eigenvalue weighted by molar-refractivity contribution is 1.05. The van der Waals surface area contributed by atoms with Gasteiger partial charge in [-0.3, -0.25) is 0 Å². The van der Waals surface area contributed by atoms with Crippen LogP contribution in [0.3, 0.4) is 0 Å². The van der Waals surface area contributed by atoms with Crippen LogP contribution in [0.2, 0.25) is 0 Å². The van der Waals surface area contributed by atoms with Gasteiger partial charge in [0.05, 0.1) is 53.8 Å². The Morgan fingerprint density at radius 3 is 1.10 bits per heavy atom. The van der Waals surface area contributed by atoms with Crippen molar-refractivity contribution in [2.45, 2.75) is 0 Å². The quantitative estimate of drug-likeness (QED) is 0.548. The van der Waals surface area contributed by atoms with E-state index >= 15 is 0 Å². The molecule has 0 N–H and O–H groups in total. The Bertz CT molecular complexity index is 714. The highest BCUT2D eigenvalue weighted by Gasteiger charge is 2.16. The van der Waals surface area contributed by atoms with E-state index in [2.05, 4.69) is 41.2 Å². The van der Waals surface area contributed by atoms with Crippen molar-refractivity contribution in [2.24, 2.45) is 0 Å². The van der Waals surface area contributed by atoms with Crippen LogP contribution in [-0.4, -0.2) is 41.2 Å². The second kappa shape index (κ2) is 5.23. The van der Waals surface area contributed by atoms with E-state index in [0.29, 0.717) is 34.6 Å². The molecule has 0 unspecified atom stereocenters. The molecule has 0 aliphatic carbocycles. The molecule has 0 bridgehead atoms. The first kappa shape index (κ1) is 12.4. The van der Waals surface area contributed by atoms with Gasteiger partial charge in [-0.05, 0) is 0 Å². The Labute approximate surface area is 129 Å². The van der Waals surface area contributed by atoms with Crippen LogP contribution in [0.15, 0.2) is 18.6 Å². The van der Waals surface area contributed by atoms with Gasteiger partial charge in [0.2, 0.25) is 0 Å². The first-order chi connectivity index (χ1) is 10.4. The Kier molecular flexibility index (Phi) is 3.10. The van der Waals surface area contributed by atoms with Gasteiger partial charge in [-0.25, -0.2) is 15.0 Å². The van der Waals surface area contributed by atoms with Crippen molar-refractivity contribution in [2.75, 3.05) is 0 Å². The molecule has 0 aromatic carbocycles. The highest BCUT2D eigenvalue weighted by molar-refractivity contribution is 6.99. The summed E-state index contributed by atoms with van der Waals surface area (Å²) in [5.74, 6) is 1.26. The molecular weight excluding hydrogens is 330 g/mol. The van der Waals surface area contributed by atoms with Gasteiger partial charge in [-0.1, -0.05) is 0 Å². The summed E-state index contributed by atoms with van der Waals surface area (Å²) < 4.78 is 24.3. The fraction of sp³-hybridized carbons (Fsp3) is 0. The molecule has 0 saturated carbocycles. The molecule has 0 fully saturated rings. The molecular formula is C9H3N9S3. The average molecular weight is 333 g/mol. The van der Waals surface area contributed by atoms with Crippen molar-refractivity contribution in [1.29, 1.82) is 0 Å². The van der Waals surface area contributed by atoms with E-state index in [4.69, 9.17) is 0 Å². The number of hydrogen-bond acceptors (Lipinski definition) is 12. The molecule has 12 heteroatoms. The zero-order chi connectivity index (χ0) is 14.1. The van der Waals surface area contributed by atoms with Crippen molar-refractivity contribution in [3.63, 3.8) is 0 Å². The highest BCUT2D eigenvalue weighted by Crippen LogP contribution is 2.22.